The van der Waals surface area contributed by atoms with Gasteiger partial charge in [0, 0.05) is 49.8 Å². The molecule has 0 aliphatic heterocycles. The molecule has 0 bridgehead atoms. The van der Waals surface area contributed by atoms with Gasteiger partial charge in [-0.25, -0.2) is 0 Å². The Bertz CT molecular complexity index is 3750. The predicted molar refractivity (Wildman–Crippen MR) is 255 cm³/mol. The summed E-state index contributed by atoms with van der Waals surface area (Å²) < 4.78 is 11.1. The highest BCUT2D eigenvalue weighted by Gasteiger charge is 2.42. The van der Waals surface area contributed by atoms with E-state index < -0.39 is 8.07 Å². The van der Waals surface area contributed by atoms with Crippen LogP contribution in [0.5, 0.6) is 0 Å². The van der Waals surface area contributed by atoms with Gasteiger partial charge < -0.3 is 13.6 Å². The molecule has 0 atom stereocenters. The molecule has 0 N–H and O–H groups in total. The summed E-state index contributed by atoms with van der Waals surface area (Å²) in [4.78, 5) is 0. The summed E-state index contributed by atoms with van der Waals surface area (Å²) in [5.41, 5.74) is 9.41. The molecular weight excluding hydrogens is 773 g/mol. The lowest BCUT2D eigenvalue weighted by molar-refractivity contribution is 0.669. The normalized spacial score (nSPS) is 11.8. The van der Waals surface area contributed by atoms with Crippen LogP contribution in [0.3, 0.4) is 0 Å². The van der Waals surface area contributed by atoms with Crippen molar-refractivity contribution in [2.75, 3.05) is 0 Å². The van der Waals surface area contributed by atoms with Crippen molar-refractivity contribution in [2.24, 2.45) is 0 Å². The standard InChI is InChI=1S/C56H34N4OSi/c57-35-37-12-9-15-42(30-37)62(43-16-10-13-38(31-43)36-58,44-17-11-14-40(32-44)60-51-22-5-1-18-45(51)46-19-2-6-23-52(46)60)41-28-26-39(27-29-41)59-53-24-7-3-20-47(53)49-33-50-48-21-4-8-25-55(48)61-56(50)34-54(49)59/h1-34H. The molecule has 0 saturated heterocycles. The van der Waals surface area contributed by atoms with Crippen LogP contribution < -0.4 is 20.7 Å². The lowest BCUT2D eigenvalue weighted by Gasteiger charge is -2.35. The Morgan fingerprint density at radius 3 is 1.44 bits per heavy atom. The summed E-state index contributed by atoms with van der Waals surface area (Å²) in [5, 5.41) is 32.0. The molecule has 9 aromatic carbocycles. The van der Waals surface area contributed by atoms with Crippen molar-refractivity contribution in [2.45, 2.75) is 0 Å². The van der Waals surface area contributed by atoms with Crippen LogP contribution in [0, 0.1) is 22.7 Å². The highest BCUT2D eigenvalue weighted by atomic mass is 28.3. The number of nitrogens with zero attached hydrogens (tertiary/aromatic N) is 4. The molecule has 6 heteroatoms. The second-order valence-electron chi connectivity index (χ2n) is 15.9. The summed E-state index contributed by atoms with van der Waals surface area (Å²) in [7, 11) is -3.28. The van der Waals surface area contributed by atoms with E-state index in [9.17, 15) is 10.5 Å². The molecule has 0 unspecified atom stereocenters. The first-order chi connectivity index (χ1) is 30.6. The van der Waals surface area contributed by atoms with Crippen molar-refractivity contribution in [1.82, 2.24) is 9.13 Å². The van der Waals surface area contributed by atoms with Gasteiger partial charge in [0.2, 0.25) is 0 Å². The molecule has 288 valence electrons. The number of furan rings is 1. The number of fused-ring (bicyclic) bond motifs is 9. The maximum Gasteiger partial charge on any atom is 0.179 e. The fourth-order valence-corrected chi connectivity index (χ4v) is 14.9. The van der Waals surface area contributed by atoms with Crippen molar-refractivity contribution in [3.63, 3.8) is 0 Å². The molecule has 12 aromatic rings. The smallest absolute Gasteiger partial charge is 0.179 e. The second kappa shape index (κ2) is 13.8. The Kier molecular flexibility index (Phi) is 7.92. The maximum absolute atomic E-state index is 10.3. The van der Waals surface area contributed by atoms with Crippen LogP contribution in [0.25, 0.3) is 76.9 Å². The first kappa shape index (κ1) is 35.5. The summed E-state index contributed by atoms with van der Waals surface area (Å²) >= 11 is 0. The quantitative estimate of drug-likeness (QED) is 0.124. The predicted octanol–water partition coefficient (Wildman–Crippen LogP) is 10.9. The lowest BCUT2D eigenvalue weighted by Crippen LogP contribution is -2.74. The molecule has 3 heterocycles. The van der Waals surface area contributed by atoms with Gasteiger partial charge in [0.25, 0.3) is 0 Å². The van der Waals surface area contributed by atoms with Crippen LogP contribution in [0.1, 0.15) is 11.1 Å². The van der Waals surface area contributed by atoms with Gasteiger partial charge in [-0.15, -0.1) is 0 Å². The molecular formula is C56H34N4OSi. The zero-order valence-corrected chi connectivity index (χ0v) is 34.3. The van der Waals surface area contributed by atoms with Crippen LogP contribution in [0.15, 0.2) is 211 Å². The van der Waals surface area contributed by atoms with Crippen LogP contribution >= 0.6 is 0 Å². The van der Waals surface area contributed by atoms with Crippen molar-refractivity contribution in [3.05, 3.63) is 217 Å². The molecule has 5 nitrogen and oxygen atoms in total. The fourth-order valence-electron chi connectivity index (χ4n) is 10.0. The van der Waals surface area contributed by atoms with Crippen molar-refractivity contribution in [3.8, 4) is 23.5 Å². The van der Waals surface area contributed by atoms with Crippen LogP contribution in [0.4, 0.5) is 0 Å². The summed E-state index contributed by atoms with van der Waals surface area (Å²) in [6.07, 6.45) is 0. The van der Waals surface area contributed by atoms with Crippen molar-refractivity contribution in [1.29, 1.82) is 10.5 Å². The minimum absolute atomic E-state index is 0.591. The van der Waals surface area contributed by atoms with Crippen LogP contribution in [-0.4, -0.2) is 17.2 Å². The largest absolute Gasteiger partial charge is 0.456 e. The van der Waals surface area contributed by atoms with E-state index in [0.717, 1.165) is 81.5 Å². The number of hydrogen-bond donors (Lipinski definition) is 0. The number of nitriles is 2. The summed E-state index contributed by atoms with van der Waals surface area (Å²) in [6, 6.07) is 77.3. The number of hydrogen-bond acceptors (Lipinski definition) is 3. The first-order valence-electron chi connectivity index (χ1n) is 20.7. The van der Waals surface area contributed by atoms with Gasteiger partial charge in [0.1, 0.15) is 11.2 Å². The van der Waals surface area contributed by atoms with Gasteiger partial charge in [0.05, 0.1) is 45.3 Å². The highest BCUT2D eigenvalue weighted by Crippen LogP contribution is 2.38. The van der Waals surface area contributed by atoms with Gasteiger partial charge in [-0.1, -0.05) is 121 Å². The molecule has 3 aromatic heterocycles. The third-order valence-electron chi connectivity index (χ3n) is 12.7. The highest BCUT2D eigenvalue weighted by molar-refractivity contribution is 7.20. The van der Waals surface area contributed by atoms with E-state index in [2.05, 4.69) is 191 Å². The van der Waals surface area contributed by atoms with E-state index in [1.165, 1.54) is 16.2 Å². The third-order valence-corrected chi connectivity index (χ3v) is 17.4. The Balaban J connectivity index is 1.13. The molecule has 12 rings (SSSR count). The van der Waals surface area contributed by atoms with Crippen LogP contribution in [-0.2, 0) is 0 Å². The molecule has 0 aliphatic rings. The fraction of sp³-hybridized carbons (Fsp3) is 0. The van der Waals surface area contributed by atoms with E-state index in [4.69, 9.17) is 4.42 Å². The Hall–Kier alpha value is -8.42. The van der Waals surface area contributed by atoms with Gasteiger partial charge in [-0.2, -0.15) is 10.5 Å². The molecule has 0 spiro atoms. The van der Waals surface area contributed by atoms with Crippen molar-refractivity contribution >= 4 is 94.4 Å². The van der Waals surface area contributed by atoms with Gasteiger partial charge in [-0.05, 0) is 99.6 Å². The average Bonchev–Trinajstić information content (AvgIpc) is 3.99. The molecule has 0 radical (unpaired) electrons. The van der Waals surface area contributed by atoms with E-state index in [1.54, 1.807) is 0 Å². The van der Waals surface area contributed by atoms with E-state index >= 15 is 0 Å². The number of aromatic nitrogens is 2. The molecule has 0 saturated carbocycles. The molecule has 0 amide bonds. The number of para-hydroxylation sites is 4. The molecule has 0 aliphatic carbocycles. The zero-order chi connectivity index (χ0) is 41.4. The molecule has 62 heavy (non-hydrogen) atoms. The van der Waals surface area contributed by atoms with Gasteiger partial charge in [0.15, 0.2) is 8.07 Å². The SMILES string of the molecule is N#Cc1cccc([Si](c2ccc(-n3c4ccccc4c4cc5c(cc43)oc3ccccc35)cc2)(c2cccc(C#N)c2)c2cccc(-n3c4ccccc4c4ccccc43)c2)c1. The third kappa shape index (κ3) is 5.18. The Labute approximate surface area is 357 Å². The van der Waals surface area contributed by atoms with Gasteiger partial charge >= 0.3 is 0 Å². The van der Waals surface area contributed by atoms with Gasteiger partial charge in [-0.3, -0.25) is 0 Å². The lowest BCUT2D eigenvalue weighted by atomic mass is 10.1. The summed E-state index contributed by atoms with van der Waals surface area (Å²) in [5.74, 6) is 0. The van der Waals surface area contributed by atoms with Crippen LogP contribution in [0.2, 0.25) is 0 Å². The second-order valence-corrected chi connectivity index (χ2v) is 19.7. The monoisotopic (exact) mass is 806 g/mol. The molecule has 0 fully saturated rings. The topological polar surface area (TPSA) is 70.6 Å². The first-order valence-corrected chi connectivity index (χ1v) is 22.7. The minimum Gasteiger partial charge on any atom is -0.456 e. The maximum atomic E-state index is 10.3. The Morgan fingerprint density at radius 2 is 0.839 bits per heavy atom. The Morgan fingerprint density at radius 1 is 0.339 bits per heavy atom. The van der Waals surface area contributed by atoms with E-state index in [0.29, 0.717) is 11.1 Å². The number of rotatable bonds is 6. The van der Waals surface area contributed by atoms with Crippen molar-refractivity contribution < 1.29 is 4.42 Å². The number of benzene rings is 9. The zero-order valence-electron chi connectivity index (χ0n) is 33.3. The summed E-state index contributed by atoms with van der Waals surface area (Å²) in [6.45, 7) is 0. The minimum atomic E-state index is -3.28. The van der Waals surface area contributed by atoms with E-state index in [-0.39, 0.29) is 0 Å². The average molecular weight is 807 g/mol. The van der Waals surface area contributed by atoms with E-state index in [1.807, 2.05) is 36.4 Å².